The summed E-state index contributed by atoms with van der Waals surface area (Å²) in [5, 5.41) is 0. The maximum atomic E-state index is 13.1. The Morgan fingerprint density at radius 1 is 1.62 bits per heavy atom. The van der Waals surface area contributed by atoms with Crippen molar-refractivity contribution in [3.63, 3.8) is 0 Å². The molecule has 0 bridgehead atoms. The number of methoxy groups -OCH3 is 1. The highest BCUT2D eigenvalue weighted by atomic mass is 19.1. The van der Waals surface area contributed by atoms with Crippen molar-refractivity contribution in [2.75, 3.05) is 7.11 Å². The van der Waals surface area contributed by atoms with Crippen LogP contribution >= 0.6 is 0 Å². The Hall–Kier alpha value is -1.35. The monoisotopic (exact) mass is 181 g/mol. The fourth-order valence-corrected chi connectivity index (χ4v) is 1.03. The van der Waals surface area contributed by atoms with Crippen molar-refractivity contribution in [2.24, 2.45) is 5.73 Å². The van der Waals surface area contributed by atoms with Gasteiger partial charge in [0.25, 0.3) is 0 Å². The Morgan fingerprint density at radius 2 is 2.31 bits per heavy atom. The van der Waals surface area contributed by atoms with Gasteiger partial charge in [-0.3, -0.25) is 0 Å². The molecule has 0 saturated heterocycles. The van der Waals surface area contributed by atoms with Crippen LogP contribution in [-0.2, 0) is 0 Å². The van der Waals surface area contributed by atoms with Gasteiger partial charge in [-0.25, -0.2) is 4.39 Å². The lowest BCUT2D eigenvalue weighted by atomic mass is 10.1. The summed E-state index contributed by atoms with van der Waals surface area (Å²) in [5.74, 6) is -0.183. The van der Waals surface area contributed by atoms with E-state index in [0.29, 0.717) is 5.56 Å². The maximum absolute atomic E-state index is 13.1. The highest BCUT2D eigenvalue weighted by molar-refractivity contribution is 5.32. The molecule has 70 valence electrons. The van der Waals surface area contributed by atoms with E-state index in [4.69, 9.17) is 10.5 Å². The first kappa shape index (κ1) is 9.74. The van der Waals surface area contributed by atoms with Gasteiger partial charge in [-0.05, 0) is 17.7 Å². The second-order valence-electron chi connectivity index (χ2n) is 2.66. The molecule has 0 amide bonds. The van der Waals surface area contributed by atoms with E-state index in [0.717, 1.165) is 0 Å². The minimum absolute atomic E-state index is 0.222. The molecule has 0 radical (unpaired) electrons. The van der Waals surface area contributed by atoms with Gasteiger partial charge in [0.15, 0.2) is 11.6 Å². The minimum atomic E-state index is -0.405. The molecule has 0 fully saturated rings. The average Bonchev–Trinajstić information content (AvgIpc) is 2.16. The fraction of sp³-hybridized carbons (Fsp3) is 0.200. The molecule has 0 heterocycles. The zero-order valence-electron chi connectivity index (χ0n) is 7.46. The van der Waals surface area contributed by atoms with Gasteiger partial charge >= 0.3 is 0 Å². The summed E-state index contributed by atoms with van der Waals surface area (Å²) in [6, 6.07) is 4.29. The van der Waals surface area contributed by atoms with Gasteiger partial charge < -0.3 is 10.5 Å². The quantitative estimate of drug-likeness (QED) is 0.724. The van der Waals surface area contributed by atoms with Gasteiger partial charge in [-0.15, -0.1) is 6.58 Å². The van der Waals surface area contributed by atoms with Crippen LogP contribution in [0.3, 0.4) is 0 Å². The molecule has 3 heteroatoms. The van der Waals surface area contributed by atoms with Crippen molar-refractivity contribution >= 4 is 0 Å². The van der Waals surface area contributed by atoms with E-state index in [1.165, 1.54) is 13.2 Å². The molecule has 0 aliphatic carbocycles. The summed E-state index contributed by atoms with van der Waals surface area (Å²) in [7, 11) is 1.42. The first-order valence-corrected chi connectivity index (χ1v) is 3.90. The lowest BCUT2D eigenvalue weighted by Crippen LogP contribution is -2.06. The highest BCUT2D eigenvalue weighted by Crippen LogP contribution is 2.20. The van der Waals surface area contributed by atoms with E-state index in [1.54, 1.807) is 18.2 Å². The first-order valence-electron chi connectivity index (χ1n) is 3.90. The lowest BCUT2D eigenvalue weighted by molar-refractivity contribution is 0.386. The molecule has 0 aromatic heterocycles. The third-order valence-corrected chi connectivity index (χ3v) is 1.81. The molecule has 2 N–H and O–H groups in total. The molecule has 0 unspecified atom stereocenters. The minimum Gasteiger partial charge on any atom is -0.494 e. The number of benzene rings is 1. The standard InChI is InChI=1S/C10H12FNO/c1-3-9(12)7-4-5-10(13-2)8(11)6-7/h3-6,9H,1,12H2,2H3/t9-/m0/s1. The second kappa shape index (κ2) is 4.05. The summed E-state index contributed by atoms with van der Waals surface area (Å²) in [6.45, 7) is 3.53. The van der Waals surface area contributed by atoms with Crippen molar-refractivity contribution in [1.29, 1.82) is 0 Å². The van der Waals surface area contributed by atoms with Crippen LogP contribution in [0.15, 0.2) is 30.9 Å². The van der Waals surface area contributed by atoms with E-state index in [1.807, 2.05) is 0 Å². The van der Waals surface area contributed by atoms with E-state index < -0.39 is 5.82 Å². The number of nitrogens with two attached hydrogens (primary N) is 1. The van der Waals surface area contributed by atoms with Crippen LogP contribution in [-0.4, -0.2) is 7.11 Å². The highest BCUT2D eigenvalue weighted by Gasteiger charge is 2.06. The van der Waals surface area contributed by atoms with E-state index in [9.17, 15) is 4.39 Å². The molecule has 0 spiro atoms. The number of ether oxygens (including phenoxy) is 1. The van der Waals surface area contributed by atoms with Crippen LogP contribution in [0.1, 0.15) is 11.6 Å². The molecule has 1 rings (SSSR count). The summed E-state index contributed by atoms with van der Waals surface area (Å²) in [6.07, 6.45) is 1.56. The van der Waals surface area contributed by atoms with Crippen LogP contribution in [0.25, 0.3) is 0 Å². The number of hydrogen-bond acceptors (Lipinski definition) is 2. The first-order chi connectivity index (χ1) is 6.19. The van der Waals surface area contributed by atoms with Crippen LogP contribution in [0.2, 0.25) is 0 Å². The predicted molar refractivity (Wildman–Crippen MR) is 50.1 cm³/mol. The molecule has 2 nitrogen and oxygen atoms in total. The smallest absolute Gasteiger partial charge is 0.165 e. The number of rotatable bonds is 3. The van der Waals surface area contributed by atoms with Crippen LogP contribution in [0, 0.1) is 5.82 Å². The van der Waals surface area contributed by atoms with E-state index in [2.05, 4.69) is 6.58 Å². The number of halogens is 1. The molecule has 0 saturated carbocycles. The average molecular weight is 181 g/mol. The van der Waals surface area contributed by atoms with Gasteiger partial charge in [0, 0.05) is 6.04 Å². The van der Waals surface area contributed by atoms with Crippen molar-refractivity contribution in [3.8, 4) is 5.75 Å². The molecular weight excluding hydrogens is 169 g/mol. The predicted octanol–water partition coefficient (Wildman–Crippen LogP) is 2.02. The van der Waals surface area contributed by atoms with Crippen LogP contribution < -0.4 is 10.5 Å². The van der Waals surface area contributed by atoms with Gasteiger partial charge in [0.1, 0.15) is 0 Å². The zero-order valence-corrected chi connectivity index (χ0v) is 7.46. The molecule has 1 aromatic rings. The lowest BCUT2D eigenvalue weighted by Gasteiger charge is -2.08. The third-order valence-electron chi connectivity index (χ3n) is 1.81. The largest absolute Gasteiger partial charge is 0.494 e. The van der Waals surface area contributed by atoms with Gasteiger partial charge in [-0.2, -0.15) is 0 Å². The third kappa shape index (κ3) is 2.06. The van der Waals surface area contributed by atoms with E-state index >= 15 is 0 Å². The van der Waals surface area contributed by atoms with Crippen LogP contribution in [0.4, 0.5) is 4.39 Å². The Kier molecular flexibility index (Phi) is 3.03. The van der Waals surface area contributed by atoms with Crippen molar-refractivity contribution in [3.05, 3.63) is 42.2 Å². The van der Waals surface area contributed by atoms with Gasteiger partial charge in [0.2, 0.25) is 0 Å². The zero-order chi connectivity index (χ0) is 9.84. The molecule has 13 heavy (non-hydrogen) atoms. The fourth-order valence-electron chi connectivity index (χ4n) is 1.03. The van der Waals surface area contributed by atoms with E-state index in [-0.39, 0.29) is 11.8 Å². The Labute approximate surface area is 76.8 Å². The Morgan fingerprint density at radius 3 is 2.77 bits per heavy atom. The second-order valence-corrected chi connectivity index (χ2v) is 2.66. The summed E-state index contributed by atoms with van der Waals surface area (Å²) in [4.78, 5) is 0. The SMILES string of the molecule is C=C[C@H](N)c1ccc(OC)c(F)c1. The molecule has 0 aliphatic heterocycles. The van der Waals surface area contributed by atoms with Gasteiger partial charge in [0.05, 0.1) is 7.11 Å². The van der Waals surface area contributed by atoms with Crippen molar-refractivity contribution in [1.82, 2.24) is 0 Å². The molecular formula is C10H12FNO. The van der Waals surface area contributed by atoms with Gasteiger partial charge in [-0.1, -0.05) is 12.1 Å². The number of hydrogen-bond donors (Lipinski definition) is 1. The van der Waals surface area contributed by atoms with Crippen LogP contribution in [0.5, 0.6) is 5.75 Å². The maximum Gasteiger partial charge on any atom is 0.165 e. The molecule has 1 aromatic carbocycles. The summed E-state index contributed by atoms with van der Waals surface area (Å²) >= 11 is 0. The Bertz CT molecular complexity index is 312. The Balaban J connectivity index is 3.02. The normalized spacial score (nSPS) is 12.2. The summed E-state index contributed by atoms with van der Waals surface area (Å²) < 4.78 is 17.9. The topological polar surface area (TPSA) is 35.2 Å². The molecule has 1 atom stereocenters. The van der Waals surface area contributed by atoms with Crippen molar-refractivity contribution in [2.45, 2.75) is 6.04 Å². The van der Waals surface area contributed by atoms with Crippen molar-refractivity contribution < 1.29 is 9.13 Å². The summed E-state index contributed by atoms with van der Waals surface area (Å²) in [5.41, 5.74) is 6.32. The molecule has 0 aliphatic rings.